The fraction of sp³-hybridized carbons (Fsp3) is 0.308. The molecule has 2 aromatic heterocycles. The Bertz CT molecular complexity index is 524. The summed E-state index contributed by atoms with van der Waals surface area (Å²) in [5.41, 5.74) is 1.25. The molecule has 0 aliphatic rings. The second-order valence-electron chi connectivity index (χ2n) is 4.03. The average Bonchev–Trinajstić information content (AvgIpc) is 3.05. The number of aliphatic imine (C=N–C) groups is 1. The smallest absolute Gasteiger partial charge is 0.191 e. The zero-order chi connectivity index (χ0) is 13.5. The topological polar surface area (TPSA) is 41.4 Å². The standard InChI is InChI=1S/C13H17BrN4S.HI/c1-15-13(16-4-7-18-5-2-3-6-18)17-9-11-8-12(14)19-10-11;/h2-3,5-6,8,10H,4,7,9H2,1H3,(H2,15,16,17);1H. The summed E-state index contributed by atoms with van der Waals surface area (Å²) in [6, 6.07) is 6.17. The van der Waals surface area contributed by atoms with Gasteiger partial charge in [0.2, 0.25) is 0 Å². The van der Waals surface area contributed by atoms with E-state index in [4.69, 9.17) is 0 Å². The van der Waals surface area contributed by atoms with Crippen LogP contribution in [0.25, 0.3) is 0 Å². The van der Waals surface area contributed by atoms with Crippen LogP contribution in [0.5, 0.6) is 0 Å². The molecule has 2 heterocycles. The second kappa shape index (κ2) is 9.41. The predicted octanol–water partition coefficient (Wildman–Crippen LogP) is 3.30. The zero-order valence-electron chi connectivity index (χ0n) is 11.2. The van der Waals surface area contributed by atoms with E-state index in [1.165, 1.54) is 5.56 Å². The van der Waals surface area contributed by atoms with E-state index in [0.29, 0.717) is 0 Å². The normalized spacial score (nSPS) is 11.0. The fourth-order valence-electron chi connectivity index (χ4n) is 1.67. The molecule has 4 nitrogen and oxygen atoms in total. The molecule has 0 aromatic carbocycles. The Hall–Kier alpha value is -0.540. The van der Waals surface area contributed by atoms with Crippen molar-refractivity contribution in [2.24, 2.45) is 4.99 Å². The van der Waals surface area contributed by atoms with Gasteiger partial charge in [-0.1, -0.05) is 0 Å². The number of hydrogen-bond donors (Lipinski definition) is 2. The van der Waals surface area contributed by atoms with Crippen LogP contribution in [-0.4, -0.2) is 24.1 Å². The summed E-state index contributed by atoms with van der Waals surface area (Å²) >= 11 is 5.16. The minimum atomic E-state index is 0. The Balaban J connectivity index is 0.00000200. The molecule has 2 aromatic rings. The highest BCUT2D eigenvalue weighted by molar-refractivity contribution is 14.0. The van der Waals surface area contributed by atoms with Crippen molar-refractivity contribution in [3.63, 3.8) is 0 Å². The molecule has 0 unspecified atom stereocenters. The Morgan fingerprint density at radius 1 is 1.35 bits per heavy atom. The SMILES string of the molecule is CN=C(NCCn1cccc1)NCc1csc(Br)c1.I. The Kier molecular flexibility index (Phi) is 8.24. The Labute approximate surface area is 148 Å². The number of thiophene rings is 1. The van der Waals surface area contributed by atoms with E-state index in [1.54, 1.807) is 18.4 Å². The molecule has 0 amide bonds. The van der Waals surface area contributed by atoms with Crippen molar-refractivity contribution >= 4 is 57.2 Å². The lowest BCUT2D eigenvalue weighted by Crippen LogP contribution is -2.38. The summed E-state index contributed by atoms with van der Waals surface area (Å²) in [5.74, 6) is 0.828. The van der Waals surface area contributed by atoms with Gasteiger partial charge in [-0.2, -0.15) is 0 Å². The highest BCUT2D eigenvalue weighted by atomic mass is 127. The van der Waals surface area contributed by atoms with Crippen LogP contribution < -0.4 is 10.6 Å². The van der Waals surface area contributed by atoms with Gasteiger partial charge in [-0.25, -0.2) is 0 Å². The molecule has 0 bridgehead atoms. The van der Waals surface area contributed by atoms with Crippen LogP contribution in [0.3, 0.4) is 0 Å². The first-order valence-corrected chi connectivity index (χ1v) is 7.73. The highest BCUT2D eigenvalue weighted by Gasteiger charge is 2.00. The van der Waals surface area contributed by atoms with Crippen molar-refractivity contribution in [3.05, 3.63) is 45.3 Å². The molecule has 0 aliphatic carbocycles. The van der Waals surface area contributed by atoms with Crippen molar-refractivity contribution in [1.82, 2.24) is 15.2 Å². The van der Waals surface area contributed by atoms with Gasteiger partial charge in [-0.15, -0.1) is 35.3 Å². The summed E-state index contributed by atoms with van der Waals surface area (Å²) in [7, 11) is 1.79. The maximum Gasteiger partial charge on any atom is 0.191 e. The second-order valence-corrected chi connectivity index (χ2v) is 6.32. The molecule has 0 radical (unpaired) electrons. The molecule has 0 saturated carbocycles. The minimum absolute atomic E-state index is 0. The first-order chi connectivity index (χ1) is 9.28. The monoisotopic (exact) mass is 468 g/mol. The maximum absolute atomic E-state index is 4.21. The summed E-state index contributed by atoms with van der Waals surface area (Å²) < 4.78 is 3.29. The average molecular weight is 469 g/mol. The lowest BCUT2D eigenvalue weighted by Gasteiger charge is -2.11. The third-order valence-corrected chi connectivity index (χ3v) is 4.19. The highest BCUT2D eigenvalue weighted by Crippen LogP contribution is 2.20. The fourth-order valence-corrected chi connectivity index (χ4v) is 2.88. The number of hydrogen-bond acceptors (Lipinski definition) is 2. The van der Waals surface area contributed by atoms with Crippen molar-refractivity contribution in [2.45, 2.75) is 13.1 Å². The van der Waals surface area contributed by atoms with Gasteiger partial charge in [-0.3, -0.25) is 4.99 Å². The number of nitrogens with one attached hydrogen (secondary N) is 2. The van der Waals surface area contributed by atoms with E-state index in [9.17, 15) is 0 Å². The molecule has 20 heavy (non-hydrogen) atoms. The summed E-state index contributed by atoms with van der Waals surface area (Å²) in [6.45, 7) is 2.56. The molecule has 0 spiro atoms. The summed E-state index contributed by atoms with van der Waals surface area (Å²) in [6.07, 6.45) is 4.11. The lowest BCUT2D eigenvalue weighted by atomic mass is 10.3. The molecular weight excluding hydrogens is 451 g/mol. The van der Waals surface area contributed by atoms with Gasteiger partial charge in [-0.05, 0) is 45.1 Å². The van der Waals surface area contributed by atoms with E-state index < -0.39 is 0 Å². The molecule has 0 atom stereocenters. The number of halogens is 2. The van der Waals surface area contributed by atoms with Crippen LogP contribution in [0.1, 0.15) is 5.56 Å². The number of guanidine groups is 1. The van der Waals surface area contributed by atoms with Crippen LogP contribution in [0.15, 0.2) is 44.8 Å². The van der Waals surface area contributed by atoms with Crippen LogP contribution in [0.4, 0.5) is 0 Å². The third kappa shape index (κ3) is 5.84. The van der Waals surface area contributed by atoms with Crippen molar-refractivity contribution in [1.29, 1.82) is 0 Å². The number of nitrogens with zero attached hydrogens (tertiary/aromatic N) is 2. The third-order valence-electron chi connectivity index (χ3n) is 2.63. The van der Waals surface area contributed by atoms with Crippen molar-refractivity contribution in [3.8, 4) is 0 Å². The molecule has 2 N–H and O–H groups in total. The van der Waals surface area contributed by atoms with Crippen molar-refractivity contribution < 1.29 is 0 Å². The molecule has 2 rings (SSSR count). The first kappa shape index (κ1) is 17.5. The predicted molar refractivity (Wildman–Crippen MR) is 100 cm³/mol. The molecule has 110 valence electrons. The van der Waals surface area contributed by atoms with Crippen LogP contribution in [-0.2, 0) is 13.1 Å². The van der Waals surface area contributed by atoms with E-state index in [1.807, 2.05) is 12.1 Å². The van der Waals surface area contributed by atoms with Gasteiger partial charge in [0.1, 0.15) is 0 Å². The van der Waals surface area contributed by atoms with Gasteiger partial charge < -0.3 is 15.2 Å². The summed E-state index contributed by atoms with van der Waals surface area (Å²) in [5, 5.41) is 8.72. The number of rotatable bonds is 5. The Morgan fingerprint density at radius 3 is 2.70 bits per heavy atom. The van der Waals surface area contributed by atoms with Crippen LogP contribution in [0, 0.1) is 0 Å². The minimum Gasteiger partial charge on any atom is -0.355 e. The van der Waals surface area contributed by atoms with Crippen LogP contribution >= 0.6 is 51.2 Å². The molecule has 0 saturated heterocycles. The molecule has 7 heteroatoms. The zero-order valence-corrected chi connectivity index (χ0v) is 15.9. The van der Waals surface area contributed by atoms with E-state index in [-0.39, 0.29) is 24.0 Å². The maximum atomic E-state index is 4.21. The van der Waals surface area contributed by atoms with Gasteiger partial charge in [0.25, 0.3) is 0 Å². The lowest BCUT2D eigenvalue weighted by molar-refractivity contribution is 0.665. The summed E-state index contributed by atoms with van der Waals surface area (Å²) in [4.78, 5) is 4.21. The van der Waals surface area contributed by atoms with E-state index >= 15 is 0 Å². The van der Waals surface area contributed by atoms with Gasteiger partial charge in [0.05, 0.1) is 3.79 Å². The quantitative estimate of drug-likeness (QED) is 0.401. The number of aromatic nitrogens is 1. The Morgan fingerprint density at radius 2 is 2.10 bits per heavy atom. The molecular formula is C13H18BrIN4S. The van der Waals surface area contributed by atoms with Gasteiger partial charge in [0, 0.05) is 39.1 Å². The van der Waals surface area contributed by atoms with Crippen LogP contribution in [0.2, 0.25) is 0 Å². The largest absolute Gasteiger partial charge is 0.355 e. The van der Waals surface area contributed by atoms with E-state index in [2.05, 4.69) is 60.0 Å². The molecule has 0 fully saturated rings. The van der Waals surface area contributed by atoms with Gasteiger partial charge >= 0.3 is 0 Å². The first-order valence-electron chi connectivity index (χ1n) is 6.06. The van der Waals surface area contributed by atoms with Crippen molar-refractivity contribution in [2.75, 3.05) is 13.6 Å². The molecule has 0 aliphatic heterocycles. The van der Waals surface area contributed by atoms with Gasteiger partial charge in [0.15, 0.2) is 5.96 Å². The van der Waals surface area contributed by atoms with E-state index in [0.717, 1.165) is 29.4 Å².